The first-order valence-electron chi connectivity index (χ1n) is 19.9. The Bertz CT molecular complexity index is 2960. The van der Waals surface area contributed by atoms with E-state index in [9.17, 15) is 27.0 Å². The van der Waals surface area contributed by atoms with Gasteiger partial charge in [-0.1, -0.05) is 35.3 Å². The van der Waals surface area contributed by atoms with Gasteiger partial charge in [0.2, 0.25) is 21.9 Å². The lowest BCUT2D eigenvalue weighted by Crippen LogP contribution is -2.37. The van der Waals surface area contributed by atoms with Crippen LogP contribution in [-0.4, -0.2) is 114 Å². The van der Waals surface area contributed by atoms with E-state index in [-0.39, 0.29) is 88.5 Å². The maximum absolute atomic E-state index is 14.1. The lowest BCUT2D eigenvalue weighted by molar-refractivity contribution is 0.196. The number of nitrogens with one attached hydrogen (secondary N) is 5. The van der Waals surface area contributed by atoms with E-state index in [1.54, 1.807) is 42.5 Å². The molecule has 2 aromatic heterocycles. The van der Waals surface area contributed by atoms with E-state index in [0.717, 1.165) is 6.26 Å². The SMILES string of the molecule is COc1ccc(Nc2nc(Nc3cc(OC)c(OCCO)cc3OC)ncc2Cl)c(NS(=O)(=O)CN(c2ccccc2Nc2nc(Nc3cc(OCCO)ccc3OC)ncc2Cl)S(C)(=O)=O)c1. The van der Waals surface area contributed by atoms with Gasteiger partial charge in [0, 0.05) is 24.3 Å². The van der Waals surface area contributed by atoms with Gasteiger partial charge in [0.05, 0.1) is 94.4 Å². The molecular weight excluding hydrogens is 972 g/mol. The zero-order valence-corrected chi connectivity index (χ0v) is 40.0. The van der Waals surface area contributed by atoms with Gasteiger partial charge in [-0.15, -0.1) is 0 Å². The molecule has 0 bridgehead atoms. The van der Waals surface area contributed by atoms with Gasteiger partial charge in [0.15, 0.2) is 29.0 Å². The molecule has 0 saturated heterocycles. The standard InChI is InChI=1S/C42H46Cl2N10O12S2/c1-61-25-10-12-29(47-39-27(43)22-46-42(51-39)50-33-20-37(64-4)38(66-17-15-56)21-36(33)63-3)31(18-25)53-68(59,60)24-54(67(5,57)58)34-9-7-6-8-30(34)48-40-28(44)23-45-41(52-40)49-32-19-26(65-16-14-55)11-13-35(32)62-2/h6-13,18-23,53,55-56H,14-17,24H2,1-5H3,(H2,45,48,49,52)(H2,46,47,50,51). The molecule has 0 fully saturated rings. The minimum Gasteiger partial charge on any atom is -0.497 e. The molecule has 2 heterocycles. The fourth-order valence-corrected chi connectivity index (χ4v) is 9.13. The van der Waals surface area contributed by atoms with E-state index >= 15 is 0 Å². The topological polar surface area (TPSA) is 279 Å². The van der Waals surface area contributed by atoms with Crippen LogP contribution < -0.4 is 58.7 Å². The fraction of sp³-hybridized carbons (Fsp3) is 0.238. The zero-order valence-electron chi connectivity index (χ0n) is 36.9. The first-order valence-corrected chi connectivity index (χ1v) is 24.1. The van der Waals surface area contributed by atoms with Gasteiger partial charge in [-0.2, -0.15) is 9.97 Å². The third kappa shape index (κ3) is 12.9. The highest BCUT2D eigenvalue weighted by Gasteiger charge is 2.28. The Morgan fingerprint density at radius 1 is 0.588 bits per heavy atom. The summed E-state index contributed by atoms with van der Waals surface area (Å²) in [5.74, 6) is 1.14. The highest BCUT2D eigenvalue weighted by Crippen LogP contribution is 2.40. The van der Waals surface area contributed by atoms with Crippen molar-refractivity contribution in [3.05, 3.63) is 95.2 Å². The van der Waals surface area contributed by atoms with Gasteiger partial charge >= 0.3 is 0 Å². The number of aliphatic hydroxyl groups excluding tert-OH is 2. The molecule has 4 aromatic carbocycles. The number of anilines is 10. The first-order chi connectivity index (χ1) is 32.6. The number of aliphatic hydroxyl groups is 2. The molecule has 0 spiro atoms. The summed E-state index contributed by atoms with van der Waals surface area (Å²) < 4.78 is 91.3. The molecule has 22 nitrogen and oxygen atoms in total. The molecule has 0 amide bonds. The molecular formula is C42H46Cl2N10O12S2. The predicted octanol–water partition coefficient (Wildman–Crippen LogP) is 6.49. The number of rotatable bonds is 24. The number of hydrogen-bond acceptors (Lipinski definition) is 20. The average Bonchev–Trinajstić information content (AvgIpc) is 3.32. The van der Waals surface area contributed by atoms with E-state index in [1.165, 1.54) is 71.2 Å². The molecule has 0 radical (unpaired) electrons. The van der Waals surface area contributed by atoms with Crippen LogP contribution in [0.1, 0.15) is 0 Å². The lowest BCUT2D eigenvalue weighted by Gasteiger charge is -2.25. The molecule has 6 aromatic rings. The third-order valence-electron chi connectivity index (χ3n) is 9.21. The molecule has 68 heavy (non-hydrogen) atoms. The van der Waals surface area contributed by atoms with Gasteiger partial charge in [-0.05, 0) is 36.4 Å². The van der Waals surface area contributed by atoms with Gasteiger partial charge in [-0.25, -0.2) is 26.8 Å². The summed E-state index contributed by atoms with van der Waals surface area (Å²) in [4.78, 5) is 17.5. The van der Waals surface area contributed by atoms with E-state index in [1.807, 2.05) is 0 Å². The number of sulfonamides is 2. The maximum Gasteiger partial charge on any atom is 0.252 e. The van der Waals surface area contributed by atoms with Crippen LogP contribution in [0.25, 0.3) is 0 Å². The summed E-state index contributed by atoms with van der Waals surface area (Å²) in [5, 5.41) is 30.6. The van der Waals surface area contributed by atoms with Crippen LogP contribution in [-0.2, 0) is 20.0 Å². The molecule has 6 rings (SSSR count). The number of nitrogens with zero attached hydrogens (tertiary/aromatic N) is 5. The average molecular weight is 1020 g/mol. The fourth-order valence-electron chi connectivity index (χ4n) is 6.14. The van der Waals surface area contributed by atoms with Crippen LogP contribution in [0.15, 0.2) is 85.2 Å². The van der Waals surface area contributed by atoms with Gasteiger partial charge in [-0.3, -0.25) is 9.03 Å². The summed E-state index contributed by atoms with van der Waals surface area (Å²) >= 11 is 13.1. The van der Waals surface area contributed by atoms with Crippen LogP contribution >= 0.6 is 23.2 Å². The first kappa shape index (κ1) is 50.5. The highest BCUT2D eigenvalue weighted by molar-refractivity contribution is 7.96. The third-order valence-corrected chi connectivity index (χ3v) is 12.2. The Morgan fingerprint density at radius 3 is 1.76 bits per heavy atom. The van der Waals surface area contributed by atoms with E-state index < -0.39 is 25.9 Å². The summed E-state index contributed by atoms with van der Waals surface area (Å²) in [6.07, 6.45) is 3.47. The monoisotopic (exact) mass is 1020 g/mol. The van der Waals surface area contributed by atoms with Crippen molar-refractivity contribution in [2.75, 3.05) is 97.3 Å². The van der Waals surface area contributed by atoms with Crippen molar-refractivity contribution in [1.82, 2.24) is 19.9 Å². The smallest absolute Gasteiger partial charge is 0.252 e. The zero-order chi connectivity index (χ0) is 49.0. The molecule has 0 saturated carbocycles. The number of ether oxygens (including phenoxy) is 6. The Labute approximate surface area is 401 Å². The Morgan fingerprint density at radius 2 is 1.16 bits per heavy atom. The summed E-state index contributed by atoms with van der Waals surface area (Å²) in [5.41, 5.74) is 0.923. The second-order valence-electron chi connectivity index (χ2n) is 13.9. The largest absolute Gasteiger partial charge is 0.497 e. The Balaban J connectivity index is 1.26. The lowest BCUT2D eigenvalue weighted by atomic mass is 10.2. The molecule has 0 aliphatic heterocycles. The number of halogens is 2. The number of para-hydroxylation sites is 2. The summed E-state index contributed by atoms with van der Waals surface area (Å²) in [7, 11) is -3.17. The van der Waals surface area contributed by atoms with E-state index in [4.69, 9.17) is 51.6 Å². The molecule has 362 valence electrons. The van der Waals surface area contributed by atoms with Crippen molar-refractivity contribution in [2.24, 2.45) is 0 Å². The van der Waals surface area contributed by atoms with Gasteiger partial charge in [0.1, 0.15) is 46.3 Å². The maximum atomic E-state index is 14.1. The van der Waals surface area contributed by atoms with Crippen molar-refractivity contribution in [2.45, 2.75) is 0 Å². The second kappa shape index (κ2) is 22.7. The van der Waals surface area contributed by atoms with E-state index in [2.05, 4.69) is 45.9 Å². The number of methoxy groups -OCH3 is 4. The van der Waals surface area contributed by atoms with Gasteiger partial charge in [0.25, 0.3) is 10.0 Å². The molecule has 7 N–H and O–H groups in total. The number of benzene rings is 4. The second-order valence-corrected chi connectivity index (χ2v) is 18.3. The van der Waals surface area contributed by atoms with Crippen molar-refractivity contribution >= 4 is 101 Å². The highest BCUT2D eigenvalue weighted by atomic mass is 35.5. The predicted molar refractivity (Wildman–Crippen MR) is 259 cm³/mol. The Hall–Kier alpha value is -6.96. The quantitative estimate of drug-likeness (QED) is 0.0341. The molecule has 0 aliphatic rings. The molecule has 0 unspecified atom stereocenters. The summed E-state index contributed by atoms with van der Waals surface area (Å²) in [6.45, 7) is -0.326. The molecule has 0 aliphatic carbocycles. The van der Waals surface area contributed by atoms with Crippen molar-refractivity contribution in [1.29, 1.82) is 0 Å². The normalized spacial score (nSPS) is 11.2. The van der Waals surface area contributed by atoms with Crippen LogP contribution in [0.4, 0.5) is 57.7 Å². The minimum absolute atomic E-state index is 0.0204. The number of hydrogen-bond donors (Lipinski definition) is 7. The van der Waals surface area contributed by atoms with Crippen LogP contribution in [0, 0.1) is 0 Å². The van der Waals surface area contributed by atoms with E-state index in [0.29, 0.717) is 44.4 Å². The van der Waals surface area contributed by atoms with Crippen molar-refractivity contribution in [3.8, 4) is 34.5 Å². The molecule has 26 heteroatoms. The Kier molecular flexibility index (Phi) is 16.8. The van der Waals surface area contributed by atoms with Crippen LogP contribution in [0.3, 0.4) is 0 Å². The van der Waals surface area contributed by atoms with Crippen molar-refractivity contribution < 1.29 is 55.5 Å². The summed E-state index contributed by atoms with van der Waals surface area (Å²) in [6, 6.07) is 18.5. The molecule has 0 atom stereocenters. The number of aromatic nitrogens is 4. The minimum atomic E-state index is -4.60. The van der Waals surface area contributed by atoms with Crippen molar-refractivity contribution in [3.63, 3.8) is 0 Å². The van der Waals surface area contributed by atoms with Crippen LogP contribution in [0.2, 0.25) is 10.0 Å². The van der Waals surface area contributed by atoms with Crippen LogP contribution in [0.5, 0.6) is 34.5 Å². The van der Waals surface area contributed by atoms with Gasteiger partial charge < -0.3 is 59.9 Å².